The molecule has 3 N–H and O–H groups in total. The summed E-state index contributed by atoms with van der Waals surface area (Å²) in [6, 6.07) is 19.2. The van der Waals surface area contributed by atoms with Crippen molar-refractivity contribution in [3.8, 4) is 5.75 Å². The third-order valence-electron chi connectivity index (χ3n) is 4.88. The lowest BCUT2D eigenvalue weighted by Crippen LogP contribution is -2.11. The van der Waals surface area contributed by atoms with Gasteiger partial charge in [-0.25, -0.2) is 18.4 Å². The topological polar surface area (TPSA) is 107 Å². The maximum absolute atomic E-state index is 13.1. The maximum Gasteiger partial charge on any atom is 0.184 e. The van der Waals surface area contributed by atoms with Crippen LogP contribution in [0.1, 0.15) is 11.3 Å². The highest BCUT2D eigenvalue weighted by molar-refractivity contribution is 7.90. The first-order chi connectivity index (χ1) is 14.9. The van der Waals surface area contributed by atoms with Crippen molar-refractivity contribution in [3.05, 3.63) is 78.0 Å². The zero-order valence-electron chi connectivity index (χ0n) is 17.2. The molecule has 0 spiro atoms. The lowest BCUT2D eigenvalue weighted by molar-refractivity contribution is 0.415. The number of rotatable bonds is 6. The van der Waals surface area contributed by atoms with Gasteiger partial charge in [0.15, 0.2) is 15.7 Å². The average Bonchev–Trinajstić information content (AvgIpc) is 2.75. The number of methoxy groups -OCH3 is 1. The molecule has 0 aliphatic heterocycles. The van der Waals surface area contributed by atoms with E-state index in [1.807, 2.05) is 43.3 Å². The van der Waals surface area contributed by atoms with Crippen molar-refractivity contribution in [2.45, 2.75) is 17.6 Å². The first-order valence-electron chi connectivity index (χ1n) is 9.61. The molecular weight excluding hydrogens is 412 g/mol. The van der Waals surface area contributed by atoms with Crippen molar-refractivity contribution in [1.82, 2.24) is 9.97 Å². The number of aryl methyl sites for hydroxylation is 1. The third kappa shape index (κ3) is 4.44. The molecule has 0 fully saturated rings. The average molecular weight is 435 g/mol. The molecule has 0 unspecified atom stereocenters. The monoisotopic (exact) mass is 434 g/mol. The molecule has 4 aromatic rings. The smallest absolute Gasteiger partial charge is 0.184 e. The number of aromatic nitrogens is 2. The highest BCUT2D eigenvalue weighted by Crippen LogP contribution is 2.29. The third-order valence-corrected chi connectivity index (χ3v) is 6.51. The molecule has 4 rings (SSSR count). The van der Waals surface area contributed by atoms with Crippen molar-refractivity contribution >= 4 is 38.1 Å². The van der Waals surface area contributed by atoms with Crippen molar-refractivity contribution in [2.75, 3.05) is 18.2 Å². The highest BCUT2D eigenvalue weighted by atomic mass is 32.2. The summed E-state index contributed by atoms with van der Waals surface area (Å²) < 4.78 is 31.5. The van der Waals surface area contributed by atoms with Crippen LogP contribution in [0.3, 0.4) is 0 Å². The second-order valence-corrected chi connectivity index (χ2v) is 9.13. The minimum absolute atomic E-state index is 0.144. The number of hydrogen-bond donors (Lipinski definition) is 2. The van der Waals surface area contributed by atoms with Crippen LogP contribution in [0.25, 0.3) is 11.0 Å². The molecule has 1 heterocycles. The summed E-state index contributed by atoms with van der Waals surface area (Å²) in [5.41, 5.74) is 9.49. The Kier molecular flexibility index (Phi) is 5.48. The standard InChI is InChI=1S/C23H22N4O3S/c1-15-10-11-17(30-2)13-21(15)27-23-22(25-19-8-3-4-9-20(19)26-23)14-31(28,29)18-7-5-6-16(24)12-18/h3-13H,14,24H2,1-2H3,(H,26,27). The molecule has 3 aromatic carbocycles. The number of sulfone groups is 1. The number of nitrogen functional groups attached to an aromatic ring is 1. The lowest BCUT2D eigenvalue weighted by Gasteiger charge is -2.15. The van der Waals surface area contributed by atoms with E-state index in [0.29, 0.717) is 34.0 Å². The Morgan fingerprint density at radius 2 is 1.71 bits per heavy atom. The number of nitrogens with two attached hydrogens (primary N) is 1. The van der Waals surface area contributed by atoms with Crippen LogP contribution >= 0.6 is 0 Å². The number of benzene rings is 3. The Bertz CT molecular complexity index is 1370. The SMILES string of the molecule is COc1ccc(C)c(Nc2nc3ccccc3nc2CS(=O)(=O)c2cccc(N)c2)c1. The van der Waals surface area contributed by atoms with E-state index in [1.54, 1.807) is 25.3 Å². The van der Waals surface area contributed by atoms with Crippen molar-refractivity contribution in [3.63, 3.8) is 0 Å². The first-order valence-corrected chi connectivity index (χ1v) is 11.3. The van der Waals surface area contributed by atoms with Gasteiger partial charge in [0.05, 0.1) is 28.7 Å². The normalized spacial score (nSPS) is 11.4. The molecule has 31 heavy (non-hydrogen) atoms. The summed E-state index contributed by atoms with van der Waals surface area (Å²) in [7, 11) is -2.10. The van der Waals surface area contributed by atoms with Gasteiger partial charge in [0.2, 0.25) is 0 Å². The van der Waals surface area contributed by atoms with E-state index in [9.17, 15) is 8.42 Å². The molecular formula is C23H22N4O3S. The van der Waals surface area contributed by atoms with E-state index in [2.05, 4.69) is 15.3 Å². The Balaban J connectivity index is 1.80. The molecule has 0 aliphatic carbocycles. The van der Waals surface area contributed by atoms with E-state index in [-0.39, 0.29) is 10.6 Å². The van der Waals surface area contributed by atoms with Crippen LogP contribution in [-0.4, -0.2) is 25.5 Å². The van der Waals surface area contributed by atoms with E-state index < -0.39 is 9.84 Å². The van der Waals surface area contributed by atoms with Crippen LogP contribution in [0, 0.1) is 6.92 Å². The number of para-hydroxylation sites is 2. The number of hydrogen-bond acceptors (Lipinski definition) is 7. The van der Waals surface area contributed by atoms with E-state index >= 15 is 0 Å². The van der Waals surface area contributed by atoms with Gasteiger partial charge in [-0.15, -0.1) is 0 Å². The molecule has 0 saturated carbocycles. The number of fused-ring (bicyclic) bond motifs is 1. The molecule has 0 aliphatic rings. The van der Waals surface area contributed by atoms with E-state index in [4.69, 9.17) is 10.5 Å². The number of ether oxygens (including phenoxy) is 1. The van der Waals surface area contributed by atoms with Gasteiger partial charge in [0.1, 0.15) is 11.5 Å². The fourth-order valence-corrected chi connectivity index (χ4v) is 4.53. The minimum atomic E-state index is -3.69. The summed E-state index contributed by atoms with van der Waals surface area (Å²) in [4.78, 5) is 9.41. The van der Waals surface area contributed by atoms with Gasteiger partial charge in [-0.05, 0) is 48.9 Å². The Morgan fingerprint density at radius 1 is 0.968 bits per heavy atom. The van der Waals surface area contributed by atoms with Crippen LogP contribution in [0.5, 0.6) is 5.75 Å². The Labute approximate surface area is 180 Å². The first kappa shape index (κ1) is 20.6. The van der Waals surface area contributed by atoms with Gasteiger partial charge >= 0.3 is 0 Å². The molecule has 0 saturated heterocycles. The zero-order chi connectivity index (χ0) is 22.0. The van der Waals surface area contributed by atoms with Gasteiger partial charge in [-0.3, -0.25) is 0 Å². The second kappa shape index (κ2) is 8.23. The molecule has 0 amide bonds. The van der Waals surface area contributed by atoms with Gasteiger partial charge in [0, 0.05) is 17.4 Å². The number of nitrogens with one attached hydrogen (secondary N) is 1. The summed E-state index contributed by atoms with van der Waals surface area (Å²) in [5.74, 6) is 0.734. The molecule has 0 radical (unpaired) electrons. The van der Waals surface area contributed by atoms with E-state index in [1.165, 1.54) is 12.1 Å². The second-order valence-electron chi connectivity index (χ2n) is 7.15. The predicted octanol–water partition coefficient (Wildman–Crippen LogP) is 4.25. The summed E-state index contributed by atoms with van der Waals surface area (Å²) in [6.45, 7) is 1.94. The Hall–Kier alpha value is -3.65. The zero-order valence-corrected chi connectivity index (χ0v) is 18.0. The highest BCUT2D eigenvalue weighted by Gasteiger charge is 2.21. The fraction of sp³-hybridized carbons (Fsp3) is 0.130. The fourth-order valence-electron chi connectivity index (χ4n) is 3.20. The van der Waals surface area contributed by atoms with Crippen LogP contribution in [0.2, 0.25) is 0 Å². The van der Waals surface area contributed by atoms with Crippen LogP contribution in [0.4, 0.5) is 17.2 Å². The minimum Gasteiger partial charge on any atom is -0.497 e. The molecule has 7 nitrogen and oxygen atoms in total. The number of anilines is 3. The Morgan fingerprint density at radius 3 is 2.42 bits per heavy atom. The van der Waals surface area contributed by atoms with E-state index in [0.717, 1.165) is 11.3 Å². The van der Waals surface area contributed by atoms with Gasteiger partial charge in [0.25, 0.3) is 0 Å². The largest absolute Gasteiger partial charge is 0.497 e. The van der Waals surface area contributed by atoms with Crippen LogP contribution in [0.15, 0.2) is 71.6 Å². The van der Waals surface area contributed by atoms with Crippen molar-refractivity contribution < 1.29 is 13.2 Å². The maximum atomic E-state index is 13.1. The number of nitrogens with zero attached hydrogens (tertiary/aromatic N) is 2. The van der Waals surface area contributed by atoms with Gasteiger partial charge in [-0.1, -0.05) is 24.3 Å². The molecule has 158 valence electrons. The van der Waals surface area contributed by atoms with Crippen LogP contribution < -0.4 is 15.8 Å². The van der Waals surface area contributed by atoms with Crippen molar-refractivity contribution in [1.29, 1.82) is 0 Å². The summed E-state index contributed by atoms with van der Waals surface area (Å²) >= 11 is 0. The molecule has 1 aromatic heterocycles. The lowest BCUT2D eigenvalue weighted by atomic mass is 10.2. The predicted molar refractivity (Wildman–Crippen MR) is 122 cm³/mol. The molecule has 8 heteroatoms. The quantitative estimate of drug-likeness (QED) is 0.437. The van der Waals surface area contributed by atoms with Crippen molar-refractivity contribution in [2.24, 2.45) is 0 Å². The molecule has 0 atom stereocenters. The van der Waals surface area contributed by atoms with Gasteiger partial charge in [-0.2, -0.15) is 0 Å². The summed E-state index contributed by atoms with van der Waals surface area (Å²) in [5, 5.41) is 3.25. The van der Waals surface area contributed by atoms with Crippen LogP contribution in [-0.2, 0) is 15.6 Å². The molecule has 0 bridgehead atoms. The summed E-state index contributed by atoms with van der Waals surface area (Å²) in [6.07, 6.45) is 0. The van der Waals surface area contributed by atoms with Gasteiger partial charge < -0.3 is 15.8 Å².